The van der Waals surface area contributed by atoms with E-state index in [4.69, 9.17) is 0 Å². The molecule has 3 nitrogen and oxygen atoms in total. The maximum Gasteiger partial charge on any atom is 0.111 e. The summed E-state index contributed by atoms with van der Waals surface area (Å²) in [6, 6.07) is 0.629. The van der Waals surface area contributed by atoms with Gasteiger partial charge in [-0.1, -0.05) is 24.8 Å². The van der Waals surface area contributed by atoms with Crippen LogP contribution in [0.4, 0.5) is 0 Å². The minimum atomic E-state index is 0. The summed E-state index contributed by atoms with van der Waals surface area (Å²) in [6.45, 7) is 6.15. The number of hydrogen-bond donors (Lipinski definition) is 2. The molecule has 7 atom stereocenters. The Kier molecular flexibility index (Phi) is 2.15. The lowest BCUT2D eigenvalue weighted by atomic mass is 9.65. The molecule has 0 bridgehead atoms. The van der Waals surface area contributed by atoms with Gasteiger partial charge in [0, 0.05) is 17.0 Å². The van der Waals surface area contributed by atoms with E-state index in [9.17, 15) is 5.11 Å². The molecule has 2 spiro atoms. The normalized spacial score (nSPS) is 56.5. The first kappa shape index (κ1) is 12.7. The fourth-order valence-corrected chi connectivity index (χ4v) is 6.03. The van der Waals surface area contributed by atoms with Gasteiger partial charge in [0.25, 0.3) is 0 Å². The lowest BCUT2D eigenvalue weighted by Crippen LogP contribution is -2.60. The first-order valence-corrected chi connectivity index (χ1v) is 7.64. The van der Waals surface area contributed by atoms with Crippen molar-refractivity contribution in [1.82, 2.24) is 5.32 Å². The van der Waals surface area contributed by atoms with E-state index in [2.05, 4.69) is 37.0 Å². The van der Waals surface area contributed by atoms with E-state index >= 15 is 0 Å². The van der Waals surface area contributed by atoms with Gasteiger partial charge in [-0.2, -0.15) is 0 Å². The van der Waals surface area contributed by atoms with Gasteiger partial charge in [0.1, 0.15) is 5.76 Å². The van der Waals surface area contributed by atoms with Gasteiger partial charge in [-0.15, -0.1) is 0 Å². The van der Waals surface area contributed by atoms with Crippen LogP contribution in [0.3, 0.4) is 0 Å². The monoisotopic (exact) mass is 273 g/mol. The number of aliphatic hydroxyl groups excluding tert-OH is 1. The molecule has 20 heavy (non-hydrogen) atoms. The van der Waals surface area contributed by atoms with E-state index in [1.807, 2.05) is 0 Å². The molecule has 3 heteroatoms. The third-order valence-electron chi connectivity index (χ3n) is 6.87. The van der Waals surface area contributed by atoms with E-state index in [0.717, 1.165) is 17.4 Å². The highest BCUT2D eigenvalue weighted by Crippen LogP contribution is 2.81. The highest BCUT2D eigenvalue weighted by molar-refractivity contribution is 5.51. The van der Waals surface area contributed by atoms with Gasteiger partial charge in [-0.05, 0) is 55.4 Å². The van der Waals surface area contributed by atoms with Crippen LogP contribution in [-0.2, 0) is 0 Å². The Bertz CT molecular complexity index is 565. The van der Waals surface area contributed by atoms with Crippen LogP contribution < -0.4 is 5.32 Å². The van der Waals surface area contributed by atoms with Gasteiger partial charge in [0.05, 0.1) is 0 Å². The lowest BCUT2D eigenvalue weighted by molar-refractivity contribution is 0.0730. The largest absolute Gasteiger partial charge is 0.508 e. The van der Waals surface area contributed by atoms with Crippen molar-refractivity contribution in [2.45, 2.75) is 37.8 Å². The van der Waals surface area contributed by atoms with Crippen molar-refractivity contribution < 1.29 is 10.6 Å². The Morgan fingerprint density at radius 3 is 3.00 bits per heavy atom. The van der Waals surface area contributed by atoms with Crippen molar-refractivity contribution in [2.24, 2.45) is 29.1 Å². The molecule has 0 radical (unpaired) electrons. The van der Waals surface area contributed by atoms with Gasteiger partial charge < -0.3 is 15.9 Å². The van der Waals surface area contributed by atoms with Crippen LogP contribution in [0.25, 0.3) is 0 Å². The number of fused-ring (bicyclic) bond motifs is 1. The van der Waals surface area contributed by atoms with Crippen LogP contribution in [0.1, 0.15) is 26.2 Å². The molecule has 1 heterocycles. The minimum absolute atomic E-state index is 0. The number of hydrogen-bond acceptors (Lipinski definition) is 2. The summed E-state index contributed by atoms with van der Waals surface area (Å²) in [5.74, 6) is 2.99. The Balaban J connectivity index is 0.00000106. The molecule has 0 aromatic heterocycles. The van der Waals surface area contributed by atoms with Crippen LogP contribution in [0.2, 0.25) is 0 Å². The Morgan fingerprint density at radius 2 is 2.25 bits per heavy atom. The van der Waals surface area contributed by atoms with Gasteiger partial charge in [-0.25, -0.2) is 0 Å². The topological polar surface area (TPSA) is 63.8 Å². The summed E-state index contributed by atoms with van der Waals surface area (Å²) in [7, 11) is 0. The number of aliphatic hydroxyl groups is 1. The Labute approximate surface area is 119 Å². The predicted octanol–water partition coefficient (Wildman–Crippen LogP) is 2.12. The molecule has 3 fully saturated rings. The molecule has 4 aliphatic carbocycles. The van der Waals surface area contributed by atoms with E-state index in [0.29, 0.717) is 34.6 Å². The van der Waals surface area contributed by atoms with Crippen molar-refractivity contribution >= 4 is 0 Å². The molecule has 1 aliphatic heterocycles. The first-order valence-electron chi connectivity index (χ1n) is 7.64. The minimum Gasteiger partial charge on any atom is -0.508 e. The van der Waals surface area contributed by atoms with E-state index < -0.39 is 0 Å². The van der Waals surface area contributed by atoms with Crippen LogP contribution in [-0.4, -0.2) is 22.2 Å². The van der Waals surface area contributed by atoms with Crippen molar-refractivity contribution in [1.29, 1.82) is 0 Å². The molecule has 0 aromatic carbocycles. The van der Waals surface area contributed by atoms with Crippen molar-refractivity contribution in [2.75, 3.05) is 0 Å². The lowest BCUT2D eigenvalue weighted by Gasteiger charge is -2.49. The smallest absolute Gasteiger partial charge is 0.111 e. The SMILES string of the molecule is C=C(O)C1=CC2CC23NC(C)C2CC=CC2C32CC12.O. The van der Waals surface area contributed by atoms with E-state index in [-0.39, 0.29) is 5.48 Å². The van der Waals surface area contributed by atoms with Crippen LogP contribution in [0.5, 0.6) is 0 Å². The summed E-state index contributed by atoms with van der Waals surface area (Å²) < 4.78 is 0. The Morgan fingerprint density at radius 1 is 1.45 bits per heavy atom. The summed E-state index contributed by atoms with van der Waals surface area (Å²) >= 11 is 0. The zero-order valence-electron chi connectivity index (χ0n) is 11.9. The summed E-state index contributed by atoms with van der Waals surface area (Å²) in [5, 5.41) is 13.9. The molecular formula is C17H23NO2. The number of piperidine rings is 1. The third kappa shape index (κ3) is 1.09. The number of nitrogens with one attached hydrogen (secondary N) is 1. The predicted molar refractivity (Wildman–Crippen MR) is 78.2 cm³/mol. The van der Waals surface area contributed by atoms with Crippen LogP contribution >= 0.6 is 0 Å². The van der Waals surface area contributed by atoms with Crippen molar-refractivity contribution in [3.05, 3.63) is 36.1 Å². The van der Waals surface area contributed by atoms with Gasteiger partial charge in [0.2, 0.25) is 0 Å². The van der Waals surface area contributed by atoms with Gasteiger partial charge in [-0.3, -0.25) is 0 Å². The van der Waals surface area contributed by atoms with Crippen molar-refractivity contribution in [3.8, 4) is 0 Å². The van der Waals surface area contributed by atoms with Crippen LogP contribution in [0, 0.1) is 29.1 Å². The average molecular weight is 273 g/mol. The summed E-state index contributed by atoms with van der Waals surface area (Å²) in [5.41, 5.74) is 1.91. The standard InChI is InChI=1S/C17H21NO.H2O/c1-9-12-4-3-5-14(12)16-8-15(16)13(10(2)19)6-11-7-17(11,16)18-9;/h3,5-6,9,11-12,14-15,18-19H,2,4,7-8H2,1H3;1H2. The first-order chi connectivity index (χ1) is 9.10. The molecule has 0 aromatic rings. The molecular weight excluding hydrogens is 250 g/mol. The molecule has 2 saturated carbocycles. The number of allylic oxidation sites excluding steroid dienone is 3. The molecule has 1 saturated heterocycles. The summed E-state index contributed by atoms with van der Waals surface area (Å²) in [4.78, 5) is 0. The third-order valence-corrected chi connectivity index (χ3v) is 6.87. The molecule has 5 aliphatic rings. The average Bonchev–Trinajstić information content (AvgIpc) is 3.19. The second-order valence-electron chi connectivity index (χ2n) is 7.43. The summed E-state index contributed by atoms with van der Waals surface area (Å²) in [6.07, 6.45) is 10.9. The zero-order chi connectivity index (χ0) is 13.0. The zero-order valence-corrected chi connectivity index (χ0v) is 11.9. The molecule has 108 valence electrons. The second kappa shape index (κ2) is 3.40. The second-order valence-corrected chi connectivity index (χ2v) is 7.43. The van der Waals surface area contributed by atoms with E-state index in [1.165, 1.54) is 19.3 Å². The maximum atomic E-state index is 9.89. The molecule has 7 unspecified atom stereocenters. The number of rotatable bonds is 1. The highest BCUT2D eigenvalue weighted by atomic mass is 16.3. The van der Waals surface area contributed by atoms with Crippen LogP contribution in [0.15, 0.2) is 36.1 Å². The van der Waals surface area contributed by atoms with Crippen molar-refractivity contribution in [3.63, 3.8) is 0 Å². The highest BCUT2D eigenvalue weighted by Gasteiger charge is 2.82. The fraction of sp³-hybridized carbons (Fsp3) is 0.647. The van der Waals surface area contributed by atoms with E-state index in [1.54, 1.807) is 0 Å². The van der Waals surface area contributed by atoms with Gasteiger partial charge >= 0.3 is 0 Å². The Hall–Kier alpha value is -1.06. The maximum absolute atomic E-state index is 9.89. The quantitative estimate of drug-likeness (QED) is 0.568. The molecule has 4 N–H and O–H groups in total. The fourth-order valence-electron chi connectivity index (χ4n) is 6.03. The van der Waals surface area contributed by atoms with Gasteiger partial charge in [0.15, 0.2) is 0 Å². The molecule has 5 rings (SSSR count). The molecule has 0 amide bonds.